The van der Waals surface area contributed by atoms with Crippen molar-refractivity contribution in [2.75, 3.05) is 23.7 Å². The van der Waals surface area contributed by atoms with E-state index in [1.54, 1.807) is 6.07 Å². The summed E-state index contributed by atoms with van der Waals surface area (Å²) in [5, 5.41) is 15.0. The smallest absolute Gasteiger partial charge is 0.409 e. The number of anilines is 2. The van der Waals surface area contributed by atoms with Gasteiger partial charge in [0.2, 0.25) is 0 Å². The summed E-state index contributed by atoms with van der Waals surface area (Å²) in [4.78, 5) is 13.6. The maximum atomic E-state index is 10.9. The van der Waals surface area contributed by atoms with E-state index < -0.39 is 6.09 Å². The summed E-state index contributed by atoms with van der Waals surface area (Å²) >= 11 is 0. The lowest BCUT2D eigenvalue weighted by molar-refractivity contribution is 0.133. The topological polar surface area (TPSA) is 64.6 Å². The fourth-order valence-corrected chi connectivity index (χ4v) is 4.26. The van der Waals surface area contributed by atoms with Gasteiger partial charge in [-0.25, -0.2) is 4.79 Å². The van der Waals surface area contributed by atoms with Crippen LogP contribution in [0.15, 0.2) is 24.3 Å². The van der Waals surface area contributed by atoms with Crippen LogP contribution in [0, 0.1) is 0 Å². The van der Waals surface area contributed by atoms with Crippen molar-refractivity contribution in [3.05, 3.63) is 24.3 Å². The van der Waals surface area contributed by atoms with E-state index >= 15 is 0 Å². The van der Waals surface area contributed by atoms with Crippen LogP contribution in [-0.4, -0.2) is 41.3 Å². The molecule has 1 aromatic rings. The Balaban J connectivity index is 1.51. The van der Waals surface area contributed by atoms with Crippen LogP contribution in [0.3, 0.4) is 0 Å². The number of hydrogen-bond donors (Lipinski definition) is 3. The van der Waals surface area contributed by atoms with Gasteiger partial charge in [-0.3, -0.25) is 5.32 Å². The quantitative estimate of drug-likeness (QED) is 0.736. The first-order valence-corrected chi connectivity index (χ1v) is 9.82. The molecule has 1 aromatic carbocycles. The van der Waals surface area contributed by atoms with E-state index in [-0.39, 0.29) is 0 Å². The van der Waals surface area contributed by atoms with E-state index in [9.17, 15) is 4.79 Å². The Bertz CT molecular complexity index is 548. The summed E-state index contributed by atoms with van der Waals surface area (Å²) in [6, 6.07) is 8.75. The van der Waals surface area contributed by atoms with Gasteiger partial charge in [0.1, 0.15) is 0 Å². The van der Waals surface area contributed by atoms with E-state index in [4.69, 9.17) is 5.11 Å². The average molecular weight is 345 g/mol. The van der Waals surface area contributed by atoms with Crippen LogP contribution in [-0.2, 0) is 0 Å². The molecule has 1 heterocycles. The summed E-state index contributed by atoms with van der Waals surface area (Å²) in [6.07, 6.45) is 11.0. The van der Waals surface area contributed by atoms with Gasteiger partial charge in [0.05, 0.1) is 11.4 Å². The van der Waals surface area contributed by atoms with Crippen molar-refractivity contribution in [1.29, 1.82) is 0 Å². The van der Waals surface area contributed by atoms with Crippen molar-refractivity contribution >= 4 is 17.5 Å². The highest BCUT2D eigenvalue weighted by molar-refractivity contribution is 5.88. The van der Waals surface area contributed by atoms with Gasteiger partial charge in [-0.15, -0.1) is 0 Å². The molecule has 5 heteroatoms. The molecule has 138 valence electrons. The minimum absolute atomic E-state index is 0.418. The summed E-state index contributed by atoms with van der Waals surface area (Å²) in [5.41, 5.74) is 1.52. The van der Waals surface area contributed by atoms with Crippen LogP contribution in [0.2, 0.25) is 0 Å². The van der Waals surface area contributed by atoms with E-state index in [0.717, 1.165) is 37.7 Å². The highest BCUT2D eigenvalue weighted by atomic mass is 16.4. The van der Waals surface area contributed by atoms with Gasteiger partial charge in [-0.05, 0) is 37.8 Å². The number of piperidine rings is 1. The fraction of sp³-hybridized carbons (Fsp3) is 0.650. The molecular formula is C20H31N3O2. The molecule has 0 atom stereocenters. The number of hydrogen-bond acceptors (Lipinski definition) is 3. The second-order valence-electron chi connectivity index (χ2n) is 7.43. The van der Waals surface area contributed by atoms with Gasteiger partial charge < -0.3 is 15.3 Å². The highest BCUT2D eigenvalue weighted by Crippen LogP contribution is 2.27. The molecule has 3 rings (SSSR count). The summed E-state index contributed by atoms with van der Waals surface area (Å²) < 4.78 is 0. The molecule has 1 aliphatic carbocycles. The first-order chi connectivity index (χ1) is 12.2. The molecule has 1 amide bonds. The van der Waals surface area contributed by atoms with Gasteiger partial charge in [0.25, 0.3) is 0 Å². The van der Waals surface area contributed by atoms with E-state index in [0.29, 0.717) is 11.7 Å². The molecule has 0 radical (unpaired) electrons. The van der Waals surface area contributed by atoms with Crippen LogP contribution in [0.5, 0.6) is 0 Å². The number of para-hydroxylation sites is 2. The Morgan fingerprint density at radius 1 is 0.920 bits per heavy atom. The fourth-order valence-electron chi connectivity index (χ4n) is 4.26. The van der Waals surface area contributed by atoms with Crippen molar-refractivity contribution in [1.82, 2.24) is 4.90 Å². The maximum Gasteiger partial charge on any atom is 0.409 e. The number of carboxylic acid groups (broad SMARTS) is 1. The number of nitrogens with zero attached hydrogens (tertiary/aromatic N) is 1. The minimum atomic E-state index is -1.02. The van der Waals surface area contributed by atoms with Gasteiger partial charge >= 0.3 is 6.09 Å². The lowest BCUT2D eigenvalue weighted by atomic mass is 9.93. The van der Waals surface area contributed by atoms with Crippen LogP contribution in [0.4, 0.5) is 16.2 Å². The third-order valence-electron chi connectivity index (χ3n) is 5.65. The third-order valence-corrected chi connectivity index (χ3v) is 5.65. The SMILES string of the molecule is O=C(O)Nc1ccccc1NC1CCN(C2CCCCCCC2)CC1. The van der Waals surface area contributed by atoms with Gasteiger partial charge in [-0.1, -0.05) is 44.2 Å². The lowest BCUT2D eigenvalue weighted by Gasteiger charge is -2.39. The molecule has 0 bridgehead atoms. The summed E-state index contributed by atoms with van der Waals surface area (Å²) in [6.45, 7) is 2.30. The van der Waals surface area contributed by atoms with Crippen molar-refractivity contribution in [2.24, 2.45) is 0 Å². The van der Waals surface area contributed by atoms with Gasteiger partial charge in [0, 0.05) is 25.2 Å². The predicted molar refractivity (Wildman–Crippen MR) is 102 cm³/mol. The normalized spacial score (nSPS) is 21.3. The predicted octanol–water partition coefficient (Wildman–Crippen LogP) is 4.77. The number of carbonyl (C=O) groups is 1. The van der Waals surface area contributed by atoms with Crippen LogP contribution >= 0.6 is 0 Å². The van der Waals surface area contributed by atoms with Crippen molar-refractivity contribution in [2.45, 2.75) is 69.9 Å². The Labute approximate surface area is 150 Å². The van der Waals surface area contributed by atoms with Crippen LogP contribution in [0.25, 0.3) is 0 Å². The van der Waals surface area contributed by atoms with E-state index in [2.05, 4.69) is 15.5 Å². The molecule has 1 saturated heterocycles. The van der Waals surface area contributed by atoms with Crippen LogP contribution < -0.4 is 10.6 Å². The van der Waals surface area contributed by atoms with E-state index in [1.807, 2.05) is 18.2 Å². The Hall–Kier alpha value is -1.75. The monoisotopic (exact) mass is 345 g/mol. The Morgan fingerprint density at radius 3 is 2.16 bits per heavy atom. The zero-order valence-electron chi connectivity index (χ0n) is 15.0. The first kappa shape index (κ1) is 18.1. The molecular weight excluding hydrogens is 314 g/mol. The Morgan fingerprint density at radius 2 is 1.52 bits per heavy atom. The molecule has 2 aliphatic rings. The molecule has 0 unspecified atom stereocenters. The van der Waals surface area contributed by atoms with Crippen molar-refractivity contribution < 1.29 is 9.90 Å². The second kappa shape index (κ2) is 9.09. The number of likely N-dealkylation sites (tertiary alicyclic amines) is 1. The summed E-state index contributed by atoms with van der Waals surface area (Å²) in [7, 11) is 0. The maximum absolute atomic E-state index is 10.9. The molecule has 3 N–H and O–H groups in total. The molecule has 0 spiro atoms. The zero-order chi connectivity index (χ0) is 17.5. The molecule has 25 heavy (non-hydrogen) atoms. The second-order valence-corrected chi connectivity index (χ2v) is 7.43. The highest BCUT2D eigenvalue weighted by Gasteiger charge is 2.25. The van der Waals surface area contributed by atoms with E-state index in [1.165, 1.54) is 44.9 Å². The molecule has 1 aliphatic heterocycles. The molecule has 5 nitrogen and oxygen atoms in total. The number of amides is 1. The molecule has 2 fully saturated rings. The minimum Gasteiger partial charge on any atom is -0.465 e. The Kier molecular flexibility index (Phi) is 6.56. The zero-order valence-corrected chi connectivity index (χ0v) is 15.0. The molecule has 1 saturated carbocycles. The van der Waals surface area contributed by atoms with Crippen molar-refractivity contribution in [3.8, 4) is 0 Å². The number of benzene rings is 1. The average Bonchev–Trinajstić information content (AvgIpc) is 2.57. The number of nitrogens with one attached hydrogen (secondary N) is 2. The third kappa shape index (κ3) is 5.36. The number of rotatable bonds is 4. The standard InChI is InChI=1S/C20H31N3O2/c24-20(25)22-19-11-7-6-10-18(19)21-16-12-14-23(15-13-16)17-8-4-2-1-3-5-9-17/h6-7,10-11,16-17,21-22H,1-5,8-9,12-15H2,(H,24,25). The van der Waals surface area contributed by atoms with Crippen LogP contribution in [0.1, 0.15) is 57.8 Å². The lowest BCUT2D eigenvalue weighted by Crippen LogP contribution is -2.44. The van der Waals surface area contributed by atoms with Gasteiger partial charge in [-0.2, -0.15) is 0 Å². The van der Waals surface area contributed by atoms with Gasteiger partial charge in [0.15, 0.2) is 0 Å². The first-order valence-electron chi connectivity index (χ1n) is 9.82. The van der Waals surface area contributed by atoms with Crippen molar-refractivity contribution in [3.63, 3.8) is 0 Å². The largest absolute Gasteiger partial charge is 0.465 e. The summed E-state index contributed by atoms with van der Waals surface area (Å²) in [5.74, 6) is 0. The molecule has 0 aromatic heterocycles.